The maximum Gasteiger partial charge on any atom is 0.249 e. The first-order chi connectivity index (χ1) is 14.2. The first-order valence-electron chi connectivity index (χ1n) is 8.73. The Morgan fingerprint density at radius 3 is 2.50 bits per heavy atom. The van der Waals surface area contributed by atoms with Gasteiger partial charge in [0.1, 0.15) is 16.8 Å². The van der Waals surface area contributed by atoms with Crippen LogP contribution in [-0.4, -0.2) is 43.9 Å². The molecule has 2 aromatic carbocycles. The Balaban J connectivity index is 1.79. The Kier molecular flexibility index (Phi) is 6.59. The Morgan fingerprint density at radius 1 is 1.20 bits per heavy atom. The average molecular weight is 467 g/mol. The van der Waals surface area contributed by atoms with Gasteiger partial charge in [-0.15, -0.1) is 10.2 Å². The smallest absolute Gasteiger partial charge is 0.249 e. The number of rotatable bonds is 7. The number of anilines is 2. The first-order valence-corrected chi connectivity index (χ1v) is 11.8. The van der Waals surface area contributed by atoms with E-state index in [1.807, 2.05) is 12.1 Å². The van der Waals surface area contributed by atoms with Crippen LogP contribution in [0.2, 0.25) is 5.02 Å². The number of carbonyl (C=O) groups excluding carboxylic acids is 1. The van der Waals surface area contributed by atoms with Crippen LogP contribution in [0.3, 0.4) is 0 Å². The van der Waals surface area contributed by atoms with E-state index < -0.39 is 22.0 Å². The number of carbonyl (C=O) groups is 1. The number of ether oxygens (including phenoxy) is 1. The number of methoxy groups -OCH3 is 1. The molecule has 0 saturated carbocycles. The van der Waals surface area contributed by atoms with E-state index in [1.54, 1.807) is 37.4 Å². The van der Waals surface area contributed by atoms with Gasteiger partial charge in [0.15, 0.2) is 0 Å². The Labute approximate surface area is 183 Å². The molecule has 3 aromatic rings. The van der Waals surface area contributed by atoms with Crippen molar-refractivity contribution in [2.75, 3.05) is 23.0 Å². The molecule has 3 rings (SSSR count). The summed E-state index contributed by atoms with van der Waals surface area (Å²) in [7, 11) is -2.17. The fourth-order valence-corrected chi connectivity index (χ4v) is 4.86. The summed E-state index contributed by atoms with van der Waals surface area (Å²) in [5.74, 6) is 0.172. The fourth-order valence-electron chi connectivity index (χ4n) is 2.76. The van der Waals surface area contributed by atoms with Crippen molar-refractivity contribution in [3.63, 3.8) is 0 Å². The number of nitrogens with zero attached hydrogens (tertiary/aromatic N) is 3. The lowest BCUT2D eigenvalue weighted by Gasteiger charge is -2.27. The molecular formula is C19H19ClN4O4S2. The molecule has 0 fully saturated rings. The molecule has 0 aliphatic carbocycles. The summed E-state index contributed by atoms with van der Waals surface area (Å²) in [5.41, 5.74) is 1.11. The standard InChI is InChI=1S/C19H19ClN4O4S2/c1-12(24(30(3,26)27)15-6-4-5-14(20)11-15)17(25)21-19-23-22-18(29-19)13-7-9-16(28-2)10-8-13/h4-12H,1-3H3,(H,21,23,25)/t12-/m0/s1. The topological polar surface area (TPSA) is 101 Å². The van der Waals surface area contributed by atoms with Crippen LogP contribution in [0.4, 0.5) is 10.8 Å². The highest BCUT2D eigenvalue weighted by Gasteiger charge is 2.30. The second-order valence-electron chi connectivity index (χ2n) is 6.34. The van der Waals surface area contributed by atoms with Crippen LogP contribution in [0.1, 0.15) is 6.92 Å². The molecule has 0 saturated heterocycles. The summed E-state index contributed by atoms with van der Waals surface area (Å²) in [6.45, 7) is 1.49. The maximum atomic E-state index is 12.8. The summed E-state index contributed by atoms with van der Waals surface area (Å²) in [6.07, 6.45) is 1.03. The maximum absolute atomic E-state index is 12.8. The summed E-state index contributed by atoms with van der Waals surface area (Å²) >= 11 is 7.17. The third kappa shape index (κ3) is 5.07. The van der Waals surface area contributed by atoms with Crippen molar-refractivity contribution < 1.29 is 17.9 Å². The number of sulfonamides is 1. The van der Waals surface area contributed by atoms with E-state index in [0.29, 0.717) is 21.5 Å². The van der Waals surface area contributed by atoms with E-state index in [1.165, 1.54) is 24.3 Å². The second kappa shape index (κ2) is 8.99. The number of halogens is 1. The van der Waals surface area contributed by atoms with Gasteiger partial charge in [-0.1, -0.05) is 29.0 Å². The highest BCUT2D eigenvalue weighted by atomic mass is 35.5. The average Bonchev–Trinajstić information content (AvgIpc) is 3.15. The van der Waals surface area contributed by atoms with Crippen LogP contribution in [0.25, 0.3) is 10.6 Å². The van der Waals surface area contributed by atoms with E-state index in [0.717, 1.165) is 16.1 Å². The van der Waals surface area contributed by atoms with Crippen molar-refractivity contribution in [1.82, 2.24) is 10.2 Å². The van der Waals surface area contributed by atoms with Crippen molar-refractivity contribution in [2.45, 2.75) is 13.0 Å². The third-order valence-corrected chi connectivity index (χ3v) is 6.51. The van der Waals surface area contributed by atoms with E-state index in [-0.39, 0.29) is 5.13 Å². The van der Waals surface area contributed by atoms with Crippen LogP contribution >= 0.6 is 22.9 Å². The van der Waals surface area contributed by atoms with Crippen molar-refractivity contribution in [2.24, 2.45) is 0 Å². The van der Waals surface area contributed by atoms with Gasteiger partial charge in [0.25, 0.3) is 0 Å². The molecule has 0 bridgehead atoms. The minimum atomic E-state index is -3.75. The molecule has 0 aliphatic heterocycles. The number of hydrogen-bond acceptors (Lipinski definition) is 7. The lowest BCUT2D eigenvalue weighted by Crippen LogP contribution is -2.45. The zero-order chi connectivity index (χ0) is 21.9. The van der Waals surface area contributed by atoms with Crippen molar-refractivity contribution in [3.8, 4) is 16.3 Å². The van der Waals surface area contributed by atoms with Crippen molar-refractivity contribution in [3.05, 3.63) is 53.6 Å². The lowest BCUT2D eigenvalue weighted by atomic mass is 10.2. The predicted octanol–water partition coefficient (Wildman–Crippen LogP) is 3.66. The lowest BCUT2D eigenvalue weighted by molar-refractivity contribution is -0.116. The second-order valence-corrected chi connectivity index (χ2v) is 9.62. The molecule has 30 heavy (non-hydrogen) atoms. The molecule has 11 heteroatoms. The molecule has 0 radical (unpaired) electrons. The molecule has 1 amide bonds. The van der Waals surface area contributed by atoms with Crippen molar-refractivity contribution in [1.29, 1.82) is 0 Å². The summed E-state index contributed by atoms with van der Waals surface area (Å²) in [6, 6.07) is 12.5. The summed E-state index contributed by atoms with van der Waals surface area (Å²) in [5, 5.41) is 11.9. The molecule has 0 aliphatic rings. The zero-order valence-corrected chi connectivity index (χ0v) is 18.8. The minimum absolute atomic E-state index is 0.261. The van der Waals surface area contributed by atoms with Gasteiger partial charge in [-0.3, -0.25) is 14.4 Å². The monoisotopic (exact) mass is 466 g/mol. The van der Waals surface area contributed by atoms with Crippen LogP contribution in [0, 0.1) is 0 Å². The predicted molar refractivity (Wildman–Crippen MR) is 119 cm³/mol. The number of hydrogen-bond donors (Lipinski definition) is 1. The molecular weight excluding hydrogens is 448 g/mol. The van der Waals surface area contributed by atoms with Gasteiger partial charge >= 0.3 is 0 Å². The quantitative estimate of drug-likeness (QED) is 0.570. The molecule has 0 unspecified atom stereocenters. The van der Waals surface area contributed by atoms with E-state index in [2.05, 4.69) is 15.5 Å². The van der Waals surface area contributed by atoms with Gasteiger partial charge in [-0.25, -0.2) is 8.42 Å². The summed E-state index contributed by atoms with van der Waals surface area (Å²) in [4.78, 5) is 12.8. The van der Waals surface area contributed by atoms with E-state index in [4.69, 9.17) is 16.3 Å². The number of nitrogens with one attached hydrogen (secondary N) is 1. The van der Waals surface area contributed by atoms with Crippen molar-refractivity contribution >= 4 is 49.7 Å². The molecule has 8 nitrogen and oxygen atoms in total. The van der Waals surface area contributed by atoms with Gasteiger partial charge in [-0.05, 0) is 49.4 Å². The van der Waals surface area contributed by atoms with Gasteiger partial charge < -0.3 is 4.74 Å². The van der Waals surface area contributed by atoms with Crippen LogP contribution < -0.4 is 14.4 Å². The summed E-state index contributed by atoms with van der Waals surface area (Å²) < 4.78 is 30.8. The van der Waals surface area contributed by atoms with Crippen LogP contribution in [0.5, 0.6) is 5.75 Å². The van der Waals surface area contributed by atoms with Gasteiger partial charge in [-0.2, -0.15) is 0 Å². The first kappa shape index (κ1) is 22.0. The number of amides is 1. The molecule has 0 spiro atoms. The van der Waals surface area contributed by atoms with Gasteiger partial charge in [0.2, 0.25) is 21.1 Å². The van der Waals surface area contributed by atoms with Crippen LogP contribution in [0.15, 0.2) is 48.5 Å². The Morgan fingerprint density at radius 2 is 1.90 bits per heavy atom. The number of aromatic nitrogens is 2. The highest BCUT2D eigenvalue weighted by molar-refractivity contribution is 7.92. The third-order valence-electron chi connectivity index (χ3n) is 4.14. The molecule has 1 atom stereocenters. The molecule has 1 N–H and O–H groups in total. The fraction of sp³-hybridized carbons (Fsp3) is 0.211. The Bertz CT molecular complexity index is 1150. The highest BCUT2D eigenvalue weighted by Crippen LogP contribution is 2.29. The normalized spacial score (nSPS) is 12.3. The minimum Gasteiger partial charge on any atom is -0.497 e. The number of benzene rings is 2. The SMILES string of the molecule is COc1ccc(-c2nnc(NC(=O)[C@H](C)N(c3cccc(Cl)c3)S(C)(=O)=O)s2)cc1. The van der Waals surface area contributed by atoms with Crippen LogP contribution in [-0.2, 0) is 14.8 Å². The molecule has 1 heterocycles. The van der Waals surface area contributed by atoms with E-state index in [9.17, 15) is 13.2 Å². The molecule has 1 aromatic heterocycles. The Hall–Kier alpha value is -2.69. The van der Waals surface area contributed by atoms with Gasteiger partial charge in [0.05, 0.1) is 19.1 Å². The van der Waals surface area contributed by atoms with E-state index >= 15 is 0 Å². The zero-order valence-electron chi connectivity index (χ0n) is 16.4. The molecule has 158 valence electrons. The largest absolute Gasteiger partial charge is 0.497 e. The van der Waals surface area contributed by atoms with Gasteiger partial charge in [0, 0.05) is 10.6 Å².